The average molecular weight is 308 g/mol. The number of hydrogen-bond acceptors (Lipinski definition) is 8. The van der Waals surface area contributed by atoms with E-state index in [1.165, 1.54) is 12.3 Å². The van der Waals surface area contributed by atoms with Crippen LogP contribution in [0.2, 0.25) is 0 Å². The molecule has 0 aliphatic carbocycles. The molecule has 0 bridgehead atoms. The molecular formula is C10H8N6O4S. The number of phenols is 1. The Morgan fingerprint density at radius 1 is 1.48 bits per heavy atom. The van der Waals surface area contributed by atoms with E-state index in [2.05, 4.69) is 25.9 Å². The van der Waals surface area contributed by atoms with Crippen LogP contribution in [0.25, 0.3) is 5.57 Å². The molecule has 0 spiro atoms. The molecule has 0 aliphatic heterocycles. The van der Waals surface area contributed by atoms with Crippen LogP contribution < -0.4 is 5.32 Å². The number of nitrogens with one attached hydrogen (secondary N) is 2. The van der Waals surface area contributed by atoms with E-state index in [1.54, 1.807) is 0 Å². The highest BCUT2D eigenvalue weighted by Gasteiger charge is 2.15. The number of anilines is 1. The van der Waals surface area contributed by atoms with Crippen molar-refractivity contribution in [2.75, 3.05) is 5.32 Å². The van der Waals surface area contributed by atoms with Crippen LogP contribution >= 0.6 is 0 Å². The second-order valence-electron chi connectivity index (χ2n) is 3.71. The summed E-state index contributed by atoms with van der Waals surface area (Å²) in [6, 6.07) is 5.23. The van der Waals surface area contributed by atoms with Gasteiger partial charge >= 0.3 is 0 Å². The average Bonchev–Trinajstić information content (AvgIpc) is 2.92. The van der Waals surface area contributed by atoms with Crippen LogP contribution in [0, 0.1) is 11.3 Å². The van der Waals surface area contributed by atoms with Gasteiger partial charge in [-0.3, -0.25) is 4.55 Å². The summed E-state index contributed by atoms with van der Waals surface area (Å²) in [7, 11) is -4.50. The van der Waals surface area contributed by atoms with Gasteiger partial charge in [-0.2, -0.15) is 18.9 Å². The Hall–Kier alpha value is -2.97. The highest BCUT2D eigenvalue weighted by molar-refractivity contribution is 7.86. The summed E-state index contributed by atoms with van der Waals surface area (Å²) in [6.07, 6.45) is 1.26. The summed E-state index contributed by atoms with van der Waals surface area (Å²) in [5.41, 5.74) is 0.359. The van der Waals surface area contributed by atoms with Crippen molar-refractivity contribution in [3.05, 3.63) is 30.2 Å². The maximum Gasteiger partial charge on any atom is 0.298 e. The molecule has 2 aromatic rings. The Morgan fingerprint density at radius 3 is 2.76 bits per heavy atom. The van der Waals surface area contributed by atoms with Crippen molar-refractivity contribution < 1.29 is 18.1 Å². The number of aromatic amines is 1. The number of tetrazole rings is 1. The molecule has 0 atom stereocenters. The zero-order valence-corrected chi connectivity index (χ0v) is 11.0. The quantitative estimate of drug-likeness (QED) is 0.453. The highest BCUT2D eigenvalue weighted by Crippen LogP contribution is 2.26. The maximum absolute atomic E-state index is 10.9. The molecule has 1 aromatic heterocycles. The lowest BCUT2D eigenvalue weighted by atomic mass is 10.2. The predicted molar refractivity (Wildman–Crippen MR) is 69.3 cm³/mol. The predicted octanol–water partition coefficient (Wildman–Crippen LogP) is 0.129. The lowest BCUT2D eigenvalue weighted by Gasteiger charge is -2.05. The number of aromatic nitrogens is 4. The van der Waals surface area contributed by atoms with E-state index in [4.69, 9.17) is 9.81 Å². The summed E-state index contributed by atoms with van der Waals surface area (Å²) in [4.78, 5) is -0.615. The Morgan fingerprint density at radius 2 is 2.24 bits per heavy atom. The molecule has 0 saturated carbocycles. The molecular weight excluding hydrogens is 300 g/mol. The summed E-state index contributed by atoms with van der Waals surface area (Å²) in [5, 5.41) is 33.9. The molecule has 0 unspecified atom stereocenters. The van der Waals surface area contributed by atoms with Crippen LogP contribution in [0.1, 0.15) is 5.82 Å². The molecule has 0 aliphatic rings. The Bertz CT molecular complexity index is 822. The fourth-order valence-electron chi connectivity index (χ4n) is 1.40. The molecule has 0 saturated heterocycles. The van der Waals surface area contributed by atoms with Crippen LogP contribution in [-0.2, 0) is 10.1 Å². The fourth-order valence-corrected chi connectivity index (χ4v) is 1.97. The molecule has 0 amide bonds. The normalized spacial score (nSPS) is 11.9. The number of phenolic OH excluding ortho intramolecular Hbond substituents is 1. The van der Waals surface area contributed by atoms with Gasteiger partial charge in [0.15, 0.2) is 0 Å². The molecule has 11 heteroatoms. The van der Waals surface area contributed by atoms with Gasteiger partial charge < -0.3 is 10.4 Å². The van der Waals surface area contributed by atoms with Gasteiger partial charge in [-0.05, 0) is 17.3 Å². The lowest BCUT2D eigenvalue weighted by molar-refractivity contribution is 0.443. The largest absolute Gasteiger partial charge is 0.506 e. The first-order valence-electron chi connectivity index (χ1n) is 5.33. The minimum absolute atomic E-state index is 0.0714. The molecule has 0 fully saturated rings. The number of nitriles is 1. The van der Waals surface area contributed by atoms with E-state index in [0.29, 0.717) is 0 Å². The zero-order valence-electron chi connectivity index (χ0n) is 10.2. The first kappa shape index (κ1) is 14.4. The van der Waals surface area contributed by atoms with Crippen molar-refractivity contribution in [3.63, 3.8) is 0 Å². The van der Waals surface area contributed by atoms with E-state index in [-0.39, 0.29) is 17.1 Å². The number of nitrogens with zero attached hydrogens (tertiary/aromatic N) is 4. The minimum Gasteiger partial charge on any atom is -0.506 e. The van der Waals surface area contributed by atoms with Crippen molar-refractivity contribution in [3.8, 4) is 11.8 Å². The van der Waals surface area contributed by atoms with Gasteiger partial charge in [0.1, 0.15) is 22.3 Å². The van der Waals surface area contributed by atoms with Crippen molar-refractivity contribution >= 4 is 21.4 Å². The summed E-state index contributed by atoms with van der Waals surface area (Å²) in [6.45, 7) is 0. The van der Waals surface area contributed by atoms with Crippen LogP contribution in [0.3, 0.4) is 0 Å². The molecule has 0 radical (unpaired) electrons. The number of rotatable bonds is 4. The van der Waals surface area contributed by atoms with E-state index < -0.39 is 20.8 Å². The topological polar surface area (TPSA) is 165 Å². The number of hydrogen-bond donors (Lipinski definition) is 4. The third-order valence-corrected chi connectivity index (χ3v) is 3.23. The molecule has 108 valence electrons. The van der Waals surface area contributed by atoms with Gasteiger partial charge in [0, 0.05) is 18.0 Å². The van der Waals surface area contributed by atoms with Gasteiger partial charge in [-0.25, -0.2) is 0 Å². The van der Waals surface area contributed by atoms with E-state index >= 15 is 0 Å². The lowest BCUT2D eigenvalue weighted by Crippen LogP contribution is -1.99. The van der Waals surface area contributed by atoms with Crippen molar-refractivity contribution in [2.24, 2.45) is 0 Å². The first-order valence-corrected chi connectivity index (χ1v) is 6.77. The van der Waals surface area contributed by atoms with Crippen molar-refractivity contribution in [1.29, 1.82) is 5.26 Å². The molecule has 10 nitrogen and oxygen atoms in total. The summed E-state index contributed by atoms with van der Waals surface area (Å²) >= 11 is 0. The number of allylic oxidation sites excluding steroid dienone is 1. The molecule has 21 heavy (non-hydrogen) atoms. The monoisotopic (exact) mass is 308 g/mol. The number of benzene rings is 1. The van der Waals surface area contributed by atoms with Crippen LogP contribution in [0.4, 0.5) is 5.69 Å². The smallest absolute Gasteiger partial charge is 0.298 e. The van der Waals surface area contributed by atoms with Crippen molar-refractivity contribution in [1.82, 2.24) is 20.6 Å². The van der Waals surface area contributed by atoms with Gasteiger partial charge in [-0.15, -0.1) is 10.2 Å². The second kappa shape index (κ2) is 5.57. The van der Waals surface area contributed by atoms with E-state index in [1.807, 2.05) is 6.07 Å². The second-order valence-corrected chi connectivity index (χ2v) is 5.10. The number of H-pyrrole nitrogens is 1. The SMILES string of the molecule is N#CC(=CNc1ccc(S(=O)(=O)O)c(O)c1)c1nn[nH]n1. The van der Waals surface area contributed by atoms with Crippen LogP contribution in [0.5, 0.6) is 5.75 Å². The minimum atomic E-state index is -4.50. The van der Waals surface area contributed by atoms with Gasteiger partial charge in [-0.1, -0.05) is 0 Å². The summed E-state index contributed by atoms with van der Waals surface area (Å²) in [5.74, 6) is -0.558. The van der Waals surface area contributed by atoms with Crippen LogP contribution in [-0.4, -0.2) is 38.7 Å². The van der Waals surface area contributed by atoms with Gasteiger partial charge in [0.2, 0.25) is 5.82 Å². The van der Waals surface area contributed by atoms with E-state index in [0.717, 1.165) is 12.1 Å². The molecule has 1 heterocycles. The van der Waals surface area contributed by atoms with Gasteiger partial charge in [0.25, 0.3) is 10.1 Å². The van der Waals surface area contributed by atoms with Crippen LogP contribution in [0.15, 0.2) is 29.3 Å². The molecule has 2 rings (SSSR count). The highest BCUT2D eigenvalue weighted by atomic mass is 32.2. The Labute approximate surface area is 118 Å². The first-order chi connectivity index (χ1) is 9.91. The zero-order chi connectivity index (χ0) is 15.5. The maximum atomic E-state index is 10.9. The fraction of sp³-hybridized carbons (Fsp3) is 0. The molecule has 1 aromatic carbocycles. The Balaban J connectivity index is 2.25. The standard InChI is InChI=1S/C10H8N6O4S/c11-4-6(10-13-15-16-14-10)5-12-7-1-2-9(8(17)3-7)21(18,19)20/h1-3,5,12,17H,(H,18,19,20)(H,13,14,15,16). The van der Waals surface area contributed by atoms with Crippen molar-refractivity contribution in [2.45, 2.75) is 4.90 Å². The summed E-state index contributed by atoms with van der Waals surface area (Å²) < 4.78 is 30.7. The number of aromatic hydroxyl groups is 1. The third kappa shape index (κ3) is 3.32. The Kier molecular flexibility index (Phi) is 3.83. The van der Waals surface area contributed by atoms with Gasteiger partial charge in [0.05, 0.1) is 0 Å². The van der Waals surface area contributed by atoms with E-state index in [9.17, 15) is 13.5 Å². The molecule has 4 N–H and O–H groups in total. The third-order valence-electron chi connectivity index (χ3n) is 2.33.